The van der Waals surface area contributed by atoms with E-state index in [1.807, 2.05) is 0 Å². The normalized spacial score (nSPS) is 21.1. The number of hydrogen-bond acceptors (Lipinski definition) is 5. The summed E-state index contributed by atoms with van der Waals surface area (Å²) >= 11 is 5.42. The van der Waals surface area contributed by atoms with Crippen LogP contribution in [-0.2, 0) is 0 Å². The Hall–Kier alpha value is -1.63. The summed E-state index contributed by atoms with van der Waals surface area (Å²) in [6.45, 7) is 4.34. The van der Waals surface area contributed by atoms with Crippen molar-refractivity contribution >= 4 is 34.9 Å². The van der Waals surface area contributed by atoms with Gasteiger partial charge in [-0.2, -0.15) is 9.97 Å². The first-order valence-electron chi connectivity index (χ1n) is 9.74. The van der Waals surface area contributed by atoms with Crippen molar-refractivity contribution in [3.8, 4) is 0 Å². The van der Waals surface area contributed by atoms with Gasteiger partial charge < -0.3 is 20.4 Å². The Labute approximate surface area is 155 Å². The maximum absolute atomic E-state index is 5.42. The Kier molecular flexibility index (Phi) is 5.20. The van der Waals surface area contributed by atoms with E-state index in [0.29, 0.717) is 17.1 Å². The number of anilines is 3. The van der Waals surface area contributed by atoms with Crippen molar-refractivity contribution in [2.75, 3.05) is 41.3 Å². The summed E-state index contributed by atoms with van der Waals surface area (Å²) < 4.78 is 0. The van der Waals surface area contributed by atoms with Gasteiger partial charge in [0, 0.05) is 38.3 Å². The molecule has 0 atom stereocenters. The Morgan fingerprint density at radius 3 is 1.88 bits per heavy atom. The first-order chi connectivity index (χ1) is 12.3. The maximum atomic E-state index is 5.42. The van der Waals surface area contributed by atoms with Crippen LogP contribution in [0, 0.1) is 0 Å². The van der Waals surface area contributed by atoms with Crippen LogP contribution >= 0.6 is 12.2 Å². The molecule has 0 aromatic carbocycles. The Balaban J connectivity index is 1.55. The van der Waals surface area contributed by atoms with Crippen molar-refractivity contribution in [1.29, 1.82) is 0 Å². The van der Waals surface area contributed by atoms with Crippen molar-refractivity contribution in [2.45, 2.75) is 57.4 Å². The Bertz CT molecular complexity index is 569. The second-order valence-electron chi connectivity index (χ2n) is 7.38. The van der Waals surface area contributed by atoms with Crippen LogP contribution in [0.5, 0.6) is 0 Å². The van der Waals surface area contributed by atoms with Crippen molar-refractivity contribution in [1.82, 2.24) is 15.3 Å². The molecule has 0 amide bonds. The van der Waals surface area contributed by atoms with Gasteiger partial charge >= 0.3 is 0 Å². The van der Waals surface area contributed by atoms with Gasteiger partial charge in [-0.25, -0.2) is 0 Å². The number of aromatic nitrogens is 2. The third-order valence-electron chi connectivity index (χ3n) is 5.20. The Morgan fingerprint density at radius 1 is 0.880 bits per heavy atom. The molecule has 0 spiro atoms. The van der Waals surface area contributed by atoms with Gasteiger partial charge in [-0.1, -0.05) is 0 Å². The lowest BCUT2D eigenvalue weighted by Gasteiger charge is -2.31. The smallest absolute Gasteiger partial charge is 0.232 e. The van der Waals surface area contributed by atoms with E-state index in [9.17, 15) is 0 Å². The van der Waals surface area contributed by atoms with Crippen molar-refractivity contribution in [3.63, 3.8) is 0 Å². The predicted octanol–water partition coefficient (Wildman–Crippen LogP) is 2.91. The summed E-state index contributed by atoms with van der Waals surface area (Å²) in [4.78, 5) is 14.3. The van der Waals surface area contributed by atoms with E-state index in [-0.39, 0.29) is 0 Å². The molecule has 2 saturated heterocycles. The molecule has 3 fully saturated rings. The van der Waals surface area contributed by atoms with Gasteiger partial charge in [0.15, 0.2) is 5.11 Å². The van der Waals surface area contributed by atoms with E-state index in [1.165, 1.54) is 51.4 Å². The van der Waals surface area contributed by atoms with E-state index in [0.717, 1.165) is 37.8 Å². The van der Waals surface area contributed by atoms with Crippen molar-refractivity contribution in [2.24, 2.45) is 0 Å². The molecule has 3 aliphatic rings. The minimum Gasteiger partial charge on any atom is -0.360 e. The monoisotopic (exact) mass is 360 g/mol. The molecule has 1 aliphatic carbocycles. The highest BCUT2D eigenvalue weighted by Gasteiger charge is 2.23. The van der Waals surface area contributed by atoms with E-state index < -0.39 is 0 Å². The fourth-order valence-electron chi connectivity index (χ4n) is 3.60. The average molecular weight is 361 g/mol. The lowest BCUT2D eigenvalue weighted by Crippen LogP contribution is -2.34. The molecule has 136 valence electrons. The summed E-state index contributed by atoms with van der Waals surface area (Å²) in [6.07, 6.45) is 10.0. The van der Waals surface area contributed by atoms with E-state index in [1.54, 1.807) is 0 Å². The fourth-order valence-corrected chi connectivity index (χ4v) is 3.86. The van der Waals surface area contributed by atoms with Crippen LogP contribution in [0.4, 0.5) is 17.6 Å². The number of nitrogens with zero attached hydrogens (tertiary/aromatic N) is 4. The molecule has 1 saturated carbocycles. The average Bonchev–Trinajstić information content (AvgIpc) is 3.47. The summed E-state index contributed by atoms with van der Waals surface area (Å²) in [5.74, 6) is 2.70. The SMILES string of the molecule is S=C(Nc1nc(N2CCCCC2)cc(N2CCCCC2)n1)NC1CC1. The molecule has 7 heteroatoms. The molecular weight excluding hydrogens is 332 g/mol. The van der Waals surface area contributed by atoms with Gasteiger partial charge in [0.1, 0.15) is 11.6 Å². The topological polar surface area (TPSA) is 56.3 Å². The number of hydrogen-bond donors (Lipinski definition) is 2. The third-order valence-corrected chi connectivity index (χ3v) is 5.42. The maximum Gasteiger partial charge on any atom is 0.232 e. The second-order valence-corrected chi connectivity index (χ2v) is 7.78. The van der Waals surface area contributed by atoms with Crippen LogP contribution in [-0.4, -0.2) is 47.3 Å². The molecule has 2 N–H and O–H groups in total. The zero-order chi connectivity index (χ0) is 17.1. The molecule has 0 radical (unpaired) electrons. The number of rotatable bonds is 4. The first-order valence-corrected chi connectivity index (χ1v) is 10.2. The van der Waals surface area contributed by atoms with Crippen LogP contribution in [0.15, 0.2) is 6.07 Å². The summed E-state index contributed by atoms with van der Waals surface area (Å²) in [5, 5.41) is 7.17. The zero-order valence-corrected chi connectivity index (χ0v) is 15.7. The standard InChI is InChI=1S/C18H28N6S/c25-18(19-14-7-8-14)22-17-20-15(23-9-3-1-4-10-23)13-16(21-17)24-11-5-2-6-12-24/h13-14H,1-12H2,(H2,19,20,21,22,25). The molecule has 0 unspecified atom stereocenters. The molecule has 1 aromatic heterocycles. The molecule has 4 rings (SSSR count). The van der Waals surface area contributed by atoms with Crippen LogP contribution < -0.4 is 20.4 Å². The highest BCUT2D eigenvalue weighted by atomic mass is 32.1. The first kappa shape index (κ1) is 16.8. The lowest BCUT2D eigenvalue weighted by atomic mass is 10.1. The van der Waals surface area contributed by atoms with Gasteiger partial charge in [-0.15, -0.1) is 0 Å². The summed E-state index contributed by atoms with van der Waals surface area (Å²) in [6, 6.07) is 2.70. The van der Waals surface area contributed by atoms with Crippen molar-refractivity contribution < 1.29 is 0 Å². The third kappa shape index (κ3) is 4.51. The van der Waals surface area contributed by atoms with Gasteiger partial charge in [0.2, 0.25) is 5.95 Å². The number of nitrogens with one attached hydrogen (secondary N) is 2. The van der Waals surface area contributed by atoms with Gasteiger partial charge in [0.05, 0.1) is 0 Å². The minimum atomic E-state index is 0.534. The van der Waals surface area contributed by atoms with E-state index in [4.69, 9.17) is 22.2 Å². The quantitative estimate of drug-likeness (QED) is 0.801. The van der Waals surface area contributed by atoms with Gasteiger partial charge in [-0.3, -0.25) is 0 Å². The summed E-state index contributed by atoms with van der Waals surface area (Å²) in [5.41, 5.74) is 0. The second kappa shape index (κ2) is 7.72. The largest absolute Gasteiger partial charge is 0.360 e. The molecule has 3 heterocycles. The fraction of sp³-hybridized carbons (Fsp3) is 0.722. The minimum absolute atomic E-state index is 0.534. The molecule has 1 aromatic rings. The van der Waals surface area contributed by atoms with Gasteiger partial charge in [-0.05, 0) is 63.6 Å². The molecular formula is C18H28N6S. The highest BCUT2D eigenvalue weighted by molar-refractivity contribution is 7.80. The van der Waals surface area contributed by atoms with Crippen LogP contribution in [0.25, 0.3) is 0 Å². The lowest BCUT2D eigenvalue weighted by molar-refractivity contribution is 0.567. The van der Waals surface area contributed by atoms with Crippen LogP contribution in [0.2, 0.25) is 0 Å². The molecule has 0 bridgehead atoms. The zero-order valence-electron chi connectivity index (χ0n) is 14.8. The summed E-state index contributed by atoms with van der Waals surface area (Å²) in [7, 11) is 0. The highest BCUT2D eigenvalue weighted by Crippen LogP contribution is 2.26. The van der Waals surface area contributed by atoms with E-state index in [2.05, 4.69) is 26.5 Å². The van der Waals surface area contributed by atoms with Gasteiger partial charge in [0.25, 0.3) is 0 Å². The molecule has 6 nitrogen and oxygen atoms in total. The van der Waals surface area contributed by atoms with Crippen LogP contribution in [0.1, 0.15) is 51.4 Å². The predicted molar refractivity (Wildman–Crippen MR) is 107 cm³/mol. The number of piperidine rings is 2. The van der Waals surface area contributed by atoms with Crippen LogP contribution in [0.3, 0.4) is 0 Å². The molecule has 25 heavy (non-hydrogen) atoms. The molecule has 2 aliphatic heterocycles. The van der Waals surface area contributed by atoms with E-state index >= 15 is 0 Å². The number of thiocarbonyl (C=S) groups is 1. The Morgan fingerprint density at radius 2 is 1.40 bits per heavy atom. The van der Waals surface area contributed by atoms with Crippen molar-refractivity contribution in [3.05, 3.63) is 6.07 Å².